The Bertz CT molecular complexity index is 595. The Hall–Kier alpha value is -1.41. The summed E-state index contributed by atoms with van der Waals surface area (Å²) in [7, 11) is 0. The molecule has 0 unspecified atom stereocenters. The van der Waals surface area contributed by atoms with Crippen LogP contribution in [-0.2, 0) is 12.8 Å². The van der Waals surface area contributed by atoms with Crippen molar-refractivity contribution in [1.82, 2.24) is 0 Å². The van der Waals surface area contributed by atoms with Gasteiger partial charge in [-0.3, -0.25) is 4.79 Å². The number of aryl methyl sites for hydroxylation is 2. The van der Waals surface area contributed by atoms with E-state index >= 15 is 0 Å². The minimum Gasteiger partial charge on any atom is -0.294 e. The lowest BCUT2D eigenvalue weighted by molar-refractivity contribution is 0.102. The number of thiophene rings is 1. The molecule has 0 fully saturated rings. The van der Waals surface area contributed by atoms with Crippen molar-refractivity contribution in [2.75, 3.05) is 0 Å². The summed E-state index contributed by atoms with van der Waals surface area (Å²) in [5.41, 5.74) is 4.26. The van der Waals surface area contributed by atoms with Gasteiger partial charge in [0.15, 0.2) is 5.78 Å². The van der Waals surface area contributed by atoms with Gasteiger partial charge in [-0.05, 0) is 61.4 Å². The fraction of sp³-hybridized carbons (Fsp3) is 0.312. The molecule has 0 bridgehead atoms. The zero-order valence-electron chi connectivity index (χ0n) is 10.5. The van der Waals surface area contributed by atoms with Gasteiger partial charge < -0.3 is 0 Å². The van der Waals surface area contributed by atoms with E-state index < -0.39 is 0 Å². The monoisotopic (exact) mass is 256 g/mol. The Morgan fingerprint density at radius 2 is 1.83 bits per heavy atom. The normalized spacial score (nSPS) is 14.3. The molecule has 0 radical (unpaired) electrons. The molecular formula is C16H16OS. The molecule has 2 aromatic rings. The summed E-state index contributed by atoms with van der Waals surface area (Å²) in [6, 6.07) is 10.8. The standard InChI is InChI=1S/C16H16OS/c1-11(17)15-8-9-16(18-15)14-7-6-12-4-2-3-5-13(12)10-14/h6-10H,2-5H2,1H3. The first-order chi connectivity index (χ1) is 8.74. The second-order valence-electron chi connectivity index (χ2n) is 4.91. The van der Waals surface area contributed by atoms with E-state index in [9.17, 15) is 4.79 Å². The maximum absolute atomic E-state index is 11.3. The Kier molecular flexibility index (Phi) is 3.04. The van der Waals surface area contributed by atoms with Crippen molar-refractivity contribution in [3.05, 3.63) is 46.3 Å². The van der Waals surface area contributed by atoms with E-state index in [-0.39, 0.29) is 5.78 Å². The third kappa shape index (κ3) is 2.13. The van der Waals surface area contributed by atoms with Gasteiger partial charge in [-0.25, -0.2) is 0 Å². The molecule has 0 saturated heterocycles. The van der Waals surface area contributed by atoms with Gasteiger partial charge in [0.25, 0.3) is 0 Å². The first kappa shape index (κ1) is 11.7. The van der Waals surface area contributed by atoms with Crippen LogP contribution < -0.4 is 0 Å². The number of benzene rings is 1. The summed E-state index contributed by atoms with van der Waals surface area (Å²) >= 11 is 1.60. The molecular weight excluding hydrogens is 240 g/mol. The smallest absolute Gasteiger partial charge is 0.169 e. The molecule has 0 atom stereocenters. The van der Waals surface area contributed by atoms with Crippen LogP contribution >= 0.6 is 11.3 Å². The van der Waals surface area contributed by atoms with E-state index in [0.29, 0.717) is 0 Å². The van der Waals surface area contributed by atoms with Crippen molar-refractivity contribution in [2.24, 2.45) is 0 Å². The molecule has 0 aliphatic heterocycles. The Morgan fingerprint density at radius 1 is 1.06 bits per heavy atom. The third-order valence-corrected chi connectivity index (χ3v) is 4.82. The molecule has 1 aliphatic rings. The molecule has 0 saturated carbocycles. The number of Topliss-reactive ketones (excluding diaryl/α,β-unsaturated/α-hetero) is 1. The molecule has 2 heteroatoms. The molecule has 0 spiro atoms. The minimum atomic E-state index is 0.157. The molecule has 1 aromatic heterocycles. The van der Waals surface area contributed by atoms with Crippen LogP contribution in [0.5, 0.6) is 0 Å². The van der Waals surface area contributed by atoms with Gasteiger partial charge in [-0.1, -0.05) is 18.2 Å². The molecule has 1 aromatic carbocycles. The van der Waals surface area contributed by atoms with E-state index in [0.717, 1.165) is 4.88 Å². The number of rotatable bonds is 2. The van der Waals surface area contributed by atoms with Gasteiger partial charge in [0.2, 0.25) is 0 Å². The minimum absolute atomic E-state index is 0.157. The van der Waals surface area contributed by atoms with Crippen molar-refractivity contribution < 1.29 is 4.79 Å². The molecule has 1 aliphatic carbocycles. The molecule has 0 N–H and O–H groups in total. The predicted molar refractivity (Wildman–Crippen MR) is 76.4 cm³/mol. The van der Waals surface area contributed by atoms with Crippen LogP contribution in [0.2, 0.25) is 0 Å². The van der Waals surface area contributed by atoms with Crippen molar-refractivity contribution in [2.45, 2.75) is 32.6 Å². The average Bonchev–Trinajstić information content (AvgIpc) is 2.88. The van der Waals surface area contributed by atoms with Crippen LogP contribution in [0, 0.1) is 0 Å². The fourth-order valence-electron chi connectivity index (χ4n) is 2.57. The number of carbonyl (C=O) groups is 1. The molecule has 1 heterocycles. The van der Waals surface area contributed by atoms with Crippen molar-refractivity contribution >= 4 is 17.1 Å². The predicted octanol–water partition coefficient (Wildman–Crippen LogP) is 4.50. The number of hydrogen-bond donors (Lipinski definition) is 0. The SMILES string of the molecule is CC(=O)c1ccc(-c2ccc3c(c2)CCCC3)s1. The number of hydrogen-bond acceptors (Lipinski definition) is 2. The van der Waals surface area contributed by atoms with Crippen LogP contribution in [-0.4, -0.2) is 5.78 Å². The van der Waals surface area contributed by atoms with Gasteiger partial charge in [0.05, 0.1) is 4.88 Å². The molecule has 18 heavy (non-hydrogen) atoms. The lowest BCUT2D eigenvalue weighted by atomic mass is 9.90. The van der Waals surface area contributed by atoms with Crippen molar-refractivity contribution in [3.8, 4) is 10.4 Å². The highest BCUT2D eigenvalue weighted by atomic mass is 32.1. The topological polar surface area (TPSA) is 17.1 Å². The Balaban J connectivity index is 1.98. The summed E-state index contributed by atoms with van der Waals surface area (Å²) < 4.78 is 0. The summed E-state index contributed by atoms with van der Waals surface area (Å²) in [5, 5.41) is 0. The highest BCUT2D eigenvalue weighted by Crippen LogP contribution is 2.31. The van der Waals surface area contributed by atoms with E-state index in [1.54, 1.807) is 18.3 Å². The summed E-state index contributed by atoms with van der Waals surface area (Å²) in [4.78, 5) is 13.4. The quantitative estimate of drug-likeness (QED) is 0.723. The summed E-state index contributed by atoms with van der Waals surface area (Å²) in [6.07, 6.45) is 5.05. The second-order valence-corrected chi connectivity index (χ2v) is 5.99. The second kappa shape index (κ2) is 4.69. The first-order valence-corrected chi connectivity index (χ1v) is 7.28. The largest absolute Gasteiger partial charge is 0.294 e. The fourth-order valence-corrected chi connectivity index (χ4v) is 3.47. The van der Waals surface area contributed by atoms with Gasteiger partial charge in [-0.15, -0.1) is 11.3 Å². The van der Waals surface area contributed by atoms with E-state index in [2.05, 4.69) is 24.3 Å². The number of fused-ring (bicyclic) bond motifs is 1. The maximum atomic E-state index is 11.3. The number of ketones is 1. The molecule has 0 amide bonds. The van der Waals surface area contributed by atoms with Crippen molar-refractivity contribution in [1.29, 1.82) is 0 Å². The van der Waals surface area contributed by atoms with Gasteiger partial charge >= 0.3 is 0 Å². The zero-order chi connectivity index (χ0) is 12.5. The van der Waals surface area contributed by atoms with Crippen LogP contribution in [0.25, 0.3) is 10.4 Å². The average molecular weight is 256 g/mol. The van der Waals surface area contributed by atoms with E-state index in [4.69, 9.17) is 0 Å². The molecule has 3 rings (SSSR count). The van der Waals surface area contributed by atoms with Gasteiger partial charge in [0.1, 0.15) is 0 Å². The third-order valence-electron chi connectivity index (χ3n) is 3.59. The lowest BCUT2D eigenvalue weighted by Gasteiger charge is -2.16. The van der Waals surface area contributed by atoms with Crippen LogP contribution in [0.3, 0.4) is 0 Å². The lowest BCUT2D eigenvalue weighted by Crippen LogP contribution is -2.01. The highest BCUT2D eigenvalue weighted by molar-refractivity contribution is 7.17. The number of carbonyl (C=O) groups excluding carboxylic acids is 1. The molecule has 1 nitrogen and oxygen atoms in total. The molecule has 92 valence electrons. The van der Waals surface area contributed by atoms with Crippen LogP contribution in [0.15, 0.2) is 30.3 Å². The van der Waals surface area contributed by atoms with Gasteiger partial charge in [0, 0.05) is 4.88 Å². The highest BCUT2D eigenvalue weighted by Gasteiger charge is 2.11. The van der Waals surface area contributed by atoms with Crippen LogP contribution in [0.4, 0.5) is 0 Å². The summed E-state index contributed by atoms with van der Waals surface area (Å²) in [5.74, 6) is 0.157. The Morgan fingerprint density at radius 3 is 2.56 bits per heavy atom. The van der Waals surface area contributed by atoms with Gasteiger partial charge in [-0.2, -0.15) is 0 Å². The Labute approximate surface area is 111 Å². The van der Waals surface area contributed by atoms with E-state index in [1.807, 2.05) is 6.07 Å². The summed E-state index contributed by atoms with van der Waals surface area (Å²) in [6.45, 7) is 1.63. The zero-order valence-corrected chi connectivity index (χ0v) is 11.3. The first-order valence-electron chi connectivity index (χ1n) is 6.47. The van der Waals surface area contributed by atoms with Crippen molar-refractivity contribution in [3.63, 3.8) is 0 Å². The van der Waals surface area contributed by atoms with Crippen LogP contribution in [0.1, 0.15) is 40.6 Å². The van der Waals surface area contributed by atoms with E-state index in [1.165, 1.54) is 47.3 Å². The maximum Gasteiger partial charge on any atom is 0.169 e.